The zero-order valence-electron chi connectivity index (χ0n) is 12.0. The van der Waals surface area contributed by atoms with Crippen LogP contribution in [-0.2, 0) is 4.79 Å². The lowest BCUT2D eigenvalue weighted by molar-refractivity contribution is -0.119. The molecule has 1 unspecified atom stereocenters. The molecule has 116 valence electrons. The van der Waals surface area contributed by atoms with Gasteiger partial charge in [0.2, 0.25) is 11.0 Å². The first-order chi connectivity index (χ1) is 10.4. The molecule has 1 aromatic carbocycles. The van der Waals surface area contributed by atoms with E-state index in [9.17, 15) is 9.59 Å². The Hall–Kier alpha value is -2.13. The van der Waals surface area contributed by atoms with Crippen LogP contribution < -0.4 is 16.4 Å². The van der Waals surface area contributed by atoms with Crippen LogP contribution in [0, 0.1) is 6.92 Å². The molecule has 0 saturated heterocycles. The van der Waals surface area contributed by atoms with E-state index in [2.05, 4.69) is 15.5 Å². The summed E-state index contributed by atoms with van der Waals surface area (Å²) >= 11 is 2.54. The molecule has 0 bridgehead atoms. The highest BCUT2D eigenvalue weighted by Crippen LogP contribution is 2.30. The number of thioether (sulfide) groups is 1. The highest BCUT2D eigenvalue weighted by molar-refractivity contribution is 8.02. The van der Waals surface area contributed by atoms with Gasteiger partial charge in [0.1, 0.15) is 0 Å². The minimum atomic E-state index is -0.864. The van der Waals surface area contributed by atoms with Gasteiger partial charge in [0.25, 0.3) is 0 Å². The predicted octanol–water partition coefficient (Wildman–Crippen LogP) is 2.27. The number of carbonyl (C=O) groups is 2. The van der Waals surface area contributed by atoms with Gasteiger partial charge in [0.15, 0.2) is 4.34 Å². The molecule has 4 N–H and O–H groups in total. The van der Waals surface area contributed by atoms with E-state index < -0.39 is 17.2 Å². The molecular formula is C13H15N5O2S2. The Morgan fingerprint density at radius 1 is 1.27 bits per heavy atom. The van der Waals surface area contributed by atoms with Crippen LogP contribution in [0.25, 0.3) is 0 Å². The van der Waals surface area contributed by atoms with Crippen LogP contribution in [0.4, 0.5) is 15.6 Å². The van der Waals surface area contributed by atoms with Gasteiger partial charge in [-0.3, -0.25) is 10.1 Å². The summed E-state index contributed by atoms with van der Waals surface area (Å²) in [7, 11) is 0. The summed E-state index contributed by atoms with van der Waals surface area (Å²) in [6.45, 7) is 3.68. The normalized spacial score (nSPS) is 11.7. The number of amides is 3. The summed E-state index contributed by atoms with van der Waals surface area (Å²) in [4.78, 5) is 22.2. The summed E-state index contributed by atoms with van der Waals surface area (Å²) in [6, 6.07) is 7.03. The number of aryl methyl sites for hydroxylation is 1. The molecular weight excluding hydrogens is 322 g/mol. The molecule has 7 nitrogen and oxygen atoms in total. The smallest absolute Gasteiger partial charge is 0.318 e. The third kappa shape index (κ3) is 4.71. The van der Waals surface area contributed by atoms with Crippen molar-refractivity contribution in [2.45, 2.75) is 23.4 Å². The molecule has 0 spiro atoms. The average Bonchev–Trinajstić information content (AvgIpc) is 2.88. The summed E-state index contributed by atoms with van der Waals surface area (Å²) in [5.74, 6) is -0.458. The predicted molar refractivity (Wildman–Crippen MR) is 87.4 cm³/mol. The fourth-order valence-electron chi connectivity index (χ4n) is 1.50. The summed E-state index contributed by atoms with van der Waals surface area (Å²) < 4.78 is 0.627. The third-order valence-corrected chi connectivity index (χ3v) is 4.63. The van der Waals surface area contributed by atoms with E-state index >= 15 is 0 Å². The van der Waals surface area contributed by atoms with Crippen molar-refractivity contribution in [1.29, 1.82) is 0 Å². The van der Waals surface area contributed by atoms with E-state index in [0.29, 0.717) is 9.47 Å². The van der Waals surface area contributed by atoms with E-state index in [1.54, 1.807) is 6.92 Å². The molecule has 1 heterocycles. The first-order valence-electron chi connectivity index (χ1n) is 6.38. The van der Waals surface area contributed by atoms with Crippen molar-refractivity contribution < 1.29 is 9.59 Å². The number of nitrogens with zero attached hydrogens (tertiary/aromatic N) is 2. The quantitative estimate of drug-likeness (QED) is 0.722. The largest absolute Gasteiger partial charge is 0.351 e. The molecule has 1 atom stereocenters. The van der Waals surface area contributed by atoms with E-state index in [-0.39, 0.29) is 0 Å². The second-order valence-electron chi connectivity index (χ2n) is 4.48. The number of aromatic nitrogens is 2. The van der Waals surface area contributed by atoms with Gasteiger partial charge >= 0.3 is 6.03 Å². The molecule has 0 saturated carbocycles. The first kappa shape index (κ1) is 16.2. The molecule has 2 rings (SSSR count). The maximum absolute atomic E-state index is 11.6. The molecule has 0 aliphatic carbocycles. The Bertz CT molecular complexity index is 671. The van der Waals surface area contributed by atoms with Gasteiger partial charge in [-0.25, -0.2) is 4.79 Å². The topological polar surface area (TPSA) is 110 Å². The monoisotopic (exact) mass is 337 g/mol. The molecule has 1 aromatic heterocycles. The van der Waals surface area contributed by atoms with Crippen molar-refractivity contribution in [3.63, 3.8) is 0 Å². The van der Waals surface area contributed by atoms with Crippen molar-refractivity contribution in [3.8, 4) is 0 Å². The van der Waals surface area contributed by atoms with Gasteiger partial charge < -0.3 is 11.1 Å². The van der Waals surface area contributed by atoms with Gasteiger partial charge in [-0.05, 0) is 26.0 Å². The number of hydrogen-bond acceptors (Lipinski definition) is 7. The van der Waals surface area contributed by atoms with Gasteiger partial charge in [0.05, 0.1) is 5.25 Å². The number of nitrogens with one attached hydrogen (secondary N) is 2. The molecule has 0 aliphatic heterocycles. The number of imide groups is 1. The number of urea groups is 1. The molecule has 0 radical (unpaired) electrons. The Morgan fingerprint density at radius 2 is 1.95 bits per heavy atom. The summed E-state index contributed by atoms with van der Waals surface area (Å²) in [5.41, 5.74) is 7.00. The number of benzene rings is 1. The number of primary amides is 1. The number of anilines is 2. The van der Waals surface area contributed by atoms with Crippen LogP contribution in [-0.4, -0.2) is 27.4 Å². The van der Waals surface area contributed by atoms with Crippen LogP contribution in [0.3, 0.4) is 0 Å². The fraction of sp³-hybridized carbons (Fsp3) is 0.231. The van der Waals surface area contributed by atoms with E-state index in [1.165, 1.54) is 28.7 Å². The van der Waals surface area contributed by atoms with Crippen molar-refractivity contribution in [2.24, 2.45) is 5.73 Å². The average molecular weight is 337 g/mol. The third-order valence-electron chi connectivity index (χ3n) is 2.60. The lowest BCUT2D eigenvalue weighted by Gasteiger charge is -2.06. The van der Waals surface area contributed by atoms with E-state index in [0.717, 1.165) is 5.69 Å². The maximum Gasteiger partial charge on any atom is 0.318 e. The van der Waals surface area contributed by atoms with Gasteiger partial charge in [-0.15, -0.1) is 10.2 Å². The Labute approximate surface area is 135 Å². The Kier molecular flexibility index (Phi) is 5.34. The van der Waals surface area contributed by atoms with Gasteiger partial charge in [-0.1, -0.05) is 40.8 Å². The second kappa shape index (κ2) is 7.23. The van der Waals surface area contributed by atoms with Crippen LogP contribution in [0.15, 0.2) is 28.6 Å². The summed E-state index contributed by atoms with van der Waals surface area (Å²) in [5, 5.41) is 13.3. The molecule has 22 heavy (non-hydrogen) atoms. The Morgan fingerprint density at radius 3 is 2.59 bits per heavy atom. The SMILES string of the molecule is Cc1ccc(Nc2nnc(SC(C)C(=O)NC(N)=O)s2)cc1. The summed E-state index contributed by atoms with van der Waals surface area (Å²) in [6.07, 6.45) is 0. The van der Waals surface area contributed by atoms with Crippen molar-refractivity contribution in [1.82, 2.24) is 15.5 Å². The highest BCUT2D eigenvalue weighted by atomic mass is 32.2. The van der Waals surface area contributed by atoms with Crippen LogP contribution in [0.5, 0.6) is 0 Å². The molecule has 0 aliphatic rings. The molecule has 9 heteroatoms. The second-order valence-corrected chi connectivity index (χ2v) is 7.04. The zero-order valence-corrected chi connectivity index (χ0v) is 13.6. The maximum atomic E-state index is 11.6. The van der Waals surface area contributed by atoms with Crippen molar-refractivity contribution in [3.05, 3.63) is 29.8 Å². The lowest BCUT2D eigenvalue weighted by atomic mass is 10.2. The van der Waals surface area contributed by atoms with Crippen LogP contribution >= 0.6 is 23.1 Å². The number of rotatable bonds is 5. The fourth-order valence-corrected chi connectivity index (χ4v) is 3.41. The number of carbonyl (C=O) groups excluding carboxylic acids is 2. The van der Waals surface area contributed by atoms with Crippen LogP contribution in [0.1, 0.15) is 12.5 Å². The van der Waals surface area contributed by atoms with Crippen molar-refractivity contribution in [2.75, 3.05) is 5.32 Å². The highest BCUT2D eigenvalue weighted by Gasteiger charge is 2.18. The zero-order chi connectivity index (χ0) is 16.1. The first-order valence-corrected chi connectivity index (χ1v) is 8.08. The van der Waals surface area contributed by atoms with Gasteiger partial charge in [0, 0.05) is 5.69 Å². The Balaban J connectivity index is 1.95. The van der Waals surface area contributed by atoms with E-state index in [4.69, 9.17) is 5.73 Å². The number of hydrogen-bond donors (Lipinski definition) is 3. The van der Waals surface area contributed by atoms with E-state index in [1.807, 2.05) is 36.5 Å². The standard InChI is InChI=1S/C13H15N5O2S2/c1-7-3-5-9(6-4-7)15-12-17-18-13(22-12)21-8(2)10(19)16-11(14)20/h3-6,8H,1-2H3,(H,15,17)(H3,14,16,19,20). The molecule has 0 fully saturated rings. The molecule has 3 amide bonds. The van der Waals surface area contributed by atoms with Gasteiger partial charge in [-0.2, -0.15) is 0 Å². The number of nitrogens with two attached hydrogens (primary N) is 1. The van der Waals surface area contributed by atoms with Crippen LogP contribution in [0.2, 0.25) is 0 Å². The lowest BCUT2D eigenvalue weighted by Crippen LogP contribution is -2.39. The minimum Gasteiger partial charge on any atom is -0.351 e. The van der Waals surface area contributed by atoms with Crippen molar-refractivity contribution >= 4 is 45.9 Å². The minimum absolute atomic E-state index is 0.458. The molecule has 2 aromatic rings.